The van der Waals surface area contributed by atoms with Crippen LogP contribution in [0.5, 0.6) is 0 Å². The summed E-state index contributed by atoms with van der Waals surface area (Å²) >= 11 is 6.47. The lowest BCUT2D eigenvalue weighted by Gasteiger charge is -2.56. The van der Waals surface area contributed by atoms with Crippen LogP contribution in [0.4, 0.5) is 0 Å². The minimum atomic E-state index is -0.787. The third kappa shape index (κ3) is 5.45. The van der Waals surface area contributed by atoms with Crippen LogP contribution in [-0.2, 0) is 31.1 Å². The first kappa shape index (κ1) is 29.5. The van der Waals surface area contributed by atoms with Gasteiger partial charge < -0.3 is 24.8 Å². The number of hydrogen-bond donors (Lipinski definition) is 2. The van der Waals surface area contributed by atoms with Crippen LogP contribution in [0.1, 0.15) is 83.4 Å². The highest BCUT2D eigenvalue weighted by Crippen LogP contribution is 2.54. The van der Waals surface area contributed by atoms with Crippen molar-refractivity contribution >= 4 is 40.2 Å². The minimum Gasteiger partial charge on any atom is -0.378 e. The number of benzene rings is 1. The lowest BCUT2D eigenvalue weighted by Crippen LogP contribution is -2.66. The summed E-state index contributed by atoms with van der Waals surface area (Å²) in [6.07, 6.45) is 7.76. The second-order valence-electron chi connectivity index (χ2n) is 13.9. The van der Waals surface area contributed by atoms with Gasteiger partial charge in [-0.15, -0.1) is 0 Å². The average molecular weight is 597 g/mol. The van der Waals surface area contributed by atoms with Crippen molar-refractivity contribution in [2.24, 2.45) is 17.8 Å². The first-order chi connectivity index (χ1) is 20.1. The summed E-state index contributed by atoms with van der Waals surface area (Å²) in [5.74, 6) is -0.455. The second-order valence-corrected chi connectivity index (χ2v) is 14.4. The summed E-state index contributed by atoms with van der Waals surface area (Å²) in [6, 6.07) is 5.91. The first-order valence-corrected chi connectivity index (χ1v) is 16.2. The summed E-state index contributed by atoms with van der Waals surface area (Å²) in [6.45, 7) is 8.49. The van der Waals surface area contributed by atoms with Crippen LogP contribution in [0, 0.1) is 17.8 Å². The second kappa shape index (κ2) is 11.5. The number of ether oxygens (including phenoxy) is 1. The molecule has 4 aliphatic rings. The van der Waals surface area contributed by atoms with Crippen LogP contribution in [0.2, 0.25) is 5.02 Å². The molecule has 4 heterocycles. The molecule has 2 saturated heterocycles. The molecular formula is C33H45ClN4O4. The van der Waals surface area contributed by atoms with Gasteiger partial charge in [-0.25, -0.2) is 0 Å². The molecule has 1 saturated carbocycles. The number of aromatic nitrogens is 1. The van der Waals surface area contributed by atoms with Gasteiger partial charge in [0.25, 0.3) is 0 Å². The van der Waals surface area contributed by atoms with Gasteiger partial charge in [-0.05, 0) is 76.1 Å². The van der Waals surface area contributed by atoms with E-state index in [9.17, 15) is 14.4 Å². The highest BCUT2D eigenvalue weighted by atomic mass is 35.5. The maximum atomic E-state index is 14.7. The van der Waals surface area contributed by atoms with E-state index in [1.165, 1.54) is 31.2 Å². The fraction of sp³-hybridized carbons (Fsp3) is 0.667. The first-order valence-electron chi connectivity index (χ1n) is 15.9. The number of rotatable bonds is 6. The molecule has 3 fully saturated rings. The van der Waals surface area contributed by atoms with E-state index in [0.29, 0.717) is 56.6 Å². The Labute approximate surface area is 253 Å². The number of nitrogens with one attached hydrogen (secondary N) is 2. The number of fused-ring (bicyclic) bond motifs is 5. The summed E-state index contributed by atoms with van der Waals surface area (Å²) in [5.41, 5.74) is 1.98. The van der Waals surface area contributed by atoms with Crippen LogP contribution in [0.25, 0.3) is 10.9 Å². The Morgan fingerprint density at radius 3 is 2.60 bits per heavy atom. The number of morpholine rings is 1. The van der Waals surface area contributed by atoms with Crippen molar-refractivity contribution < 1.29 is 19.1 Å². The molecule has 1 aliphatic carbocycles. The third-order valence-corrected chi connectivity index (χ3v) is 10.3. The molecule has 1 aromatic carbocycles. The predicted molar refractivity (Wildman–Crippen MR) is 163 cm³/mol. The van der Waals surface area contributed by atoms with Crippen molar-refractivity contribution in [3.63, 3.8) is 0 Å². The van der Waals surface area contributed by atoms with Crippen LogP contribution in [0.3, 0.4) is 0 Å². The quantitative estimate of drug-likeness (QED) is 0.481. The molecule has 42 heavy (non-hydrogen) atoms. The van der Waals surface area contributed by atoms with Crippen molar-refractivity contribution in [1.82, 2.24) is 20.1 Å². The molecule has 3 atom stereocenters. The van der Waals surface area contributed by atoms with Crippen LogP contribution in [0.15, 0.2) is 18.2 Å². The number of hydrogen-bond acceptors (Lipinski definition) is 4. The van der Waals surface area contributed by atoms with Crippen molar-refractivity contribution in [3.8, 4) is 0 Å². The number of carbonyl (C=O) groups excluding carboxylic acids is 3. The number of halogens is 1. The molecule has 3 amide bonds. The molecule has 228 valence electrons. The van der Waals surface area contributed by atoms with Gasteiger partial charge in [0.15, 0.2) is 0 Å². The smallest absolute Gasteiger partial charge is 0.228 e. The van der Waals surface area contributed by atoms with Gasteiger partial charge in [0.1, 0.15) is 0 Å². The monoisotopic (exact) mass is 596 g/mol. The number of piperidine rings is 1. The molecule has 0 radical (unpaired) electrons. The van der Waals surface area contributed by atoms with E-state index in [4.69, 9.17) is 16.3 Å². The highest BCUT2D eigenvalue weighted by Gasteiger charge is 2.59. The molecule has 1 aromatic heterocycles. The fourth-order valence-electron chi connectivity index (χ4n) is 8.21. The van der Waals surface area contributed by atoms with Gasteiger partial charge in [0.2, 0.25) is 17.7 Å². The van der Waals surface area contributed by atoms with E-state index < -0.39 is 22.9 Å². The highest BCUT2D eigenvalue weighted by molar-refractivity contribution is 6.31. The van der Waals surface area contributed by atoms with Gasteiger partial charge >= 0.3 is 0 Å². The Balaban J connectivity index is 1.46. The largest absolute Gasteiger partial charge is 0.378 e. The number of H-pyrrole nitrogens is 1. The Morgan fingerprint density at radius 2 is 1.88 bits per heavy atom. The molecular weight excluding hydrogens is 552 g/mol. The fourth-order valence-corrected chi connectivity index (χ4v) is 8.38. The van der Waals surface area contributed by atoms with E-state index in [1.807, 2.05) is 48.8 Å². The molecule has 6 rings (SSSR count). The third-order valence-electron chi connectivity index (χ3n) is 10.1. The maximum Gasteiger partial charge on any atom is 0.228 e. The van der Waals surface area contributed by atoms with Crippen molar-refractivity contribution in [2.75, 3.05) is 32.8 Å². The molecule has 0 unspecified atom stereocenters. The van der Waals surface area contributed by atoms with E-state index in [2.05, 4.69) is 10.3 Å². The zero-order valence-electron chi connectivity index (χ0n) is 25.3. The summed E-state index contributed by atoms with van der Waals surface area (Å²) in [5, 5.41) is 4.79. The van der Waals surface area contributed by atoms with Gasteiger partial charge in [0.05, 0.1) is 24.7 Å². The number of carbonyl (C=O) groups is 3. The topological polar surface area (TPSA) is 94.7 Å². The van der Waals surface area contributed by atoms with Crippen molar-refractivity contribution in [2.45, 2.75) is 89.6 Å². The molecule has 8 nitrogen and oxygen atoms in total. The molecule has 3 aliphatic heterocycles. The van der Waals surface area contributed by atoms with E-state index in [0.717, 1.165) is 29.4 Å². The number of nitrogens with zero attached hydrogens (tertiary/aromatic N) is 2. The minimum absolute atomic E-state index is 0.00107. The number of aromatic amines is 1. The molecule has 2 N–H and O–H groups in total. The zero-order valence-corrected chi connectivity index (χ0v) is 26.0. The van der Waals surface area contributed by atoms with Gasteiger partial charge in [0, 0.05) is 59.1 Å². The summed E-state index contributed by atoms with van der Waals surface area (Å²) in [7, 11) is 0. The Kier molecular flexibility index (Phi) is 8.07. The number of amides is 3. The molecule has 0 bridgehead atoms. The molecule has 0 spiro atoms. The molecule has 9 heteroatoms. The van der Waals surface area contributed by atoms with Gasteiger partial charge in [-0.1, -0.05) is 37.3 Å². The van der Waals surface area contributed by atoms with Crippen LogP contribution in [-0.4, -0.2) is 70.9 Å². The predicted octanol–water partition coefficient (Wildman–Crippen LogP) is 5.17. The van der Waals surface area contributed by atoms with E-state index in [1.54, 1.807) is 0 Å². The van der Waals surface area contributed by atoms with E-state index >= 15 is 0 Å². The van der Waals surface area contributed by atoms with Crippen LogP contribution >= 0.6 is 11.6 Å². The molecule has 2 aromatic rings. The van der Waals surface area contributed by atoms with Crippen molar-refractivity contribution in [3.05, 3.63) is 34.5 Å². The van der Waals surface area contributed by atoms with Crippen molar-refractivity contribution in [1.29, 1.82) is 0 Å². The lowest BCUT2D eigenvalue weighted by atomic mass is 9.64. The van der Waals surface area contributed by atoms with Gasteiger partial charge in [-0.2, -0.15) is 0 Å². The summed E-state index contributed by atoms with van der Waals surface area (Å²) in [4.78, 5) is 49.9. The standard InChI is InChI=1S/C33H45ClN4O4/c1-32(2,3)36-28(39)19-22-18-26(31(41)37-14-16-42-17-15-37)33(12-10-21-6-4-5-7-21)29-24(11-13-38(33)30(22)40)25-20-23(34)8-9-27(25)35-29/h8-9,20-22,26,35H,4-7,10-19H2,1-3H3,(H,36,39)/t22-,26-,33+/m1/s1. The van der Waals surface area contributed by atoms with Crippen LogP contribution < -0.4 is 5.32 Å². The zero-order chi connectivity index (χ0) is 29.6. The SMILES string of the molecule is CC(C)(C)NC(=O)C[C@H]1C[C@H](C(=O)N2CCOCC2)[C@@]2(CCC3CCCC3)c3[nH]c4ccc(Cl)cc4c3CCN2C1=O. The van der Waals surface area contributed by atoms with Gasteiger partial charge in [-0.3, -0.25) is 14.4 Å². The summed E-state index contributed by atoms with van der Waals surface area (Å²) < 4.78 is 5.60. The van der Waals surface area contributed by atoms with E-state index in [-0.39, 0.29) is 24.1 Å². The maximum absolute atomic E-state index is 14.7. The Hall–Kier alpha value is -2.58. The Morgan fingerprint density at radius 1 is 1.14 bits per heavy atom. The normalized spacial score (nSPS) is 26.8. The lowest BCUT2D eigenvalue weighted by molar-refractivity contribution is -0.169. The Bertz CT molecular complexity index is 1350. The average Bonchev–Trinajstić information content (AvgIpc) is 3.60.